The molecule has 1 aliphatic carbocycles. The van der Waals surface area contributed by atoms with E-state index in [2.05, 4.69) is 5.32 Å². The van der Waals surface area contributed by atoms with Crippen LogP contribution < -0.4 is 5.32 Å². The average molecular weight is 215 g/mol. The molecule has 0 bridgehead atoms. The number of hydrogen-bond acceptors (Lipinski definition) is 1. The second-order valence-electron chi connectivity index (χ2n) is 3.75. The minimum absolute atomic E-state index is 0. The predicted octanol–water partition coefficient (Wildman–Crippen LogP) is 2.28. The lowest BCUT2D eigenvalue weighted by Gasteiger charge is -2.11. The summed E-state index contributed by atoms with van der Waals surface area (Å²) in [6.45, 7) is 0.115. The number of piperidine rings is 1. The van der Waals surface area contributed by atoms with E-state index in [0.29, 0.717) is 5.56 Å². The first-order valence-corrected chi connectivity index (χ1v) is 4.53. The Morgan fingerprint density at radius 1 is 1.50 bits per heavy atom. The summed E-state index contributed by atoms with van der Waals surface area (Å²) in [5.41, 5.74) is 0.708. The third-order valence-electron chi connectivity index (χ3n) is 2.81. The Hall–Kier alpha value is -0.530. The fourth-order valence-electron chi connectivity index (χ4n) is 1.87. The van der Waals surface area contributed by atoms with Crippen molar-refractivity contribution < 1.29 is 6.85 Å². The molecule has 0 radical (unpaired) electrons. The zero-order valence-electron chi connectivity index (χ0n) is 12.9. The predicted molar refractivity (Wildman–Crippen MR) is 61.1 cm³/mol. The van der Waals surface area contributed by atoms with E-state index in [-0.39, 0.29) is 19.0 Å². The van der Waals surface area contributed by atoms with Crippen molar-refractivity contribution in [3.63, 3.8) is 0 Å². The van der Waals surface area contributed by atoms with Gasteiger partial charge in [0.1, 0.15) is 0 Å². The topological polar surface area (TPSA) is 12.0 Å². The molecule has 1 N–H and O–H groups in total. The highest BCUT2D eigenvalue weighted by Crippen LogP contribution is 2.56. The van der Waals surface area contributed by atoms with Gasteiger partial charge in [-0.1, -0.05) is 29.8 Å². The monoisotopic (exact) mass is 214 g/mol. The summed E-state index contributed by atoms with van der Waals surface area (Å²) in [6, 6.07) is 7.39. The van der Waals surface area contributed by atoms with Gasteiger partial charge in [0.05, 0.1) is 0 Å². The minimum Gasteiger partial charge on any atom is -0.316 e. The summed E-state index contributed by atoms with van der Waals surface area (Å²) in [7, 11) is 0. The van der Waals surface area contributed by atoms with E-state index in [1.54, 1.807) is 0 Å². The van der Waals surface area contributed by atoms with Crippen molar-refractivity contribution in [1.82, 2.24) is 5.32 Å². The van der Waals surface area contributed by atoms with Gasteiger partial charge in [-0.3, -0.25) is 0 Å². The Morgan fingerprint density at radius 2 is 2.21 bits per heavy atom. The lowest BCUT2D eigenvalue weighted by atomic mass is 9.94. The summed E-state index contributed by atoms with van der Waals surface area (Å²) in [6.07, 6.45) is -1.84. The lowest BCUT2D eigenvalue weighted by molar-refractivity contribution is 0.675. The Morgan fingerprint density at radius 3 is 2.79 bits per heavy atom. The van der Waals surface area contributed by atoms with Crippen molar-refractivity contribution in [2.24, 2.45) is 5.89 Å². The molecule has 0 aromatic heterocycles. The van der Waals surface area contributed by atoms with Gasteiger partial charge in [-0.2, -0.15) is 0 Å². The number of hydrogen-bond donors (Lipinski definition) is 1. The van der Waals surface area contributed by atoms with Crippen LogP contribution in [-0.4, -0.2) is 13.0 Å². The SMILES string of the molecule is Cl.[2H]C1([2H])NCC2(c3ccc(C)cc3)C([2H])([2H])C12[2H]. The molecule has 1 nitrogen and oxygen atoms in total. The van der Waals surface area contributed by atoms with E-state index >= 15 is 0 Å². The number of nitrogens with one attached hydrogen (secondary N) is 1. The maximum Gasteiger partial charge on any atom is 0.0431 e. The number of rotatable bonds is 1. The maximum absolute atomic E-state index is 8.29. The van der Waals surface area contributed by atoms with E-state index in [0.717, 1.165) is 5.56 Å². The molecular formula is C12H16ClN. The zero-order valence-corrected chi connectivity index (χ0v) is 8.74. The van der Waals surface area contributed by atoms with Gasteiger partial charge in [-0.05, 0) is 31.3 Å². The Bertz CT molecular complexity index is 517. The van der Waals surface area contributed by atoms with Crippen LogP contribution in [0.25, 0.3) is 0 Å². The largest absolute Gasteiger partial charge is 0.316 e. The molecule has 2 aliphatic rings. The van der Waals surface area contributed by atoms with E-state index in [1.807, 2.05) is 31.2 Å². The first-order valence-electron chi connectivity index (χ1n) is 7.03. The van der Waals surface area contributed by atoms with Gasteiger partial charge >= 0.3 is 0 Å². The fraction of sp³-hybridized carbons (Fsp3) is 0.500. The Kier molecular flexibility index (Phi) is 1.28. The third kappa shape index (κ3) is 1.27. The van der Waals surface area contributed by atoms with Crippen molar-refractivity contribution in [1.29, 1.82) is 0 Å². The van der Waals surface area contributed by atoms with Gasteiger partial charge in [-0.15, -0.1) is 12.4 Å². The van der Waals surface area contributed by atoms with Crippen LogP contribution in [0.5, 0.6) is 0 Å². The van der Waals surface area contributed by atoms with E-state index < -0.39 is 24.2 Å². The highest BCUT2D eigenvalue weighted by molar-refractivity contribution is 5.85. The zero-order chi connectivity index (χ0) is 13.4. The number of fused-ring (bicyclic) bond motifs is 1. The molecule has 2 atom stereocenters. The second-order valence-corrected chi connectivity index (χ2v) is 3.75. The molecule has 0 amide bonds. The van der Waals surface area contributed by atoms with Crippen LogP contribution in [0.2, 0.25) is 0 Å². The molecule has 14 heavy (non-hydrogen) atoms. The van der Waals surface area contributed by atoms with Gasteiger partial charge in [0.2, 0.25) is 0 Å². The van der Waals surface area contributed by atoms with Gasteiger partial charge in [0.15, 0.2) is 0 Å². The van der Waals surface area contributed by atoms with Crippen molar-refractivity contribution in [2.75, 3.05) is 13.0 Å². The molecule has 76 valence electrons. The summed E-state index contributed by atoms with van der Waals surface area (Å²) >= 11 is 0. The standard InChI is InChI=1S/C12H15N.ClH/c1-9-2-4-10(5-3-9)12-6-11(12)7-13-8-12;/h2-5,11,13H,6-8H2,1H3;1H/i6D2,7D2,11D;. The third-order valence-corrected chi connectivity index (χ3v) is 2.81. The van der Waals surface area contributed by atoms with Crippen LogP contribution in [0.15, 0.2) is 24.3 Å². The highest BCUT2D eigenvalue weighted by atomic mass is 35.5. The molecule has 2 unspecified atom stereocenters. The molecule has 0 spiro atoms. The van der Waals surface area contributed by atoms with Crippen LogP contribution in [0.3, 0.4) is 0 Å². The second kappa shape index (κ2) is 3.25. The molecule has 3 rings (SSSR count). The molecular weight excluding hydrogens is 194 g/mol. The molecule has 1 aromatic rings. The smallest absolute Gasteiger partial charge is 0.0431 e. The molecule has 2 heteroatoms. The van der Waals surface area contributed by atoms with Crippen LogP contribution in [-0.2, 0) is 5.41 Å². The molecule has 1 aliphatic heterocycles. The van der Waals surface area contributed by atoms with Gasteiger partial charge in [-0.25, -0.2) is 0 Å². The summed E-state index contributed by atoms with van der Waals surface area (Å²) in [5, 5.41) is 2.65. The summed E-state index contributed by atoms with van der Waals surface area (Å²) in [5.74, 6) is -1.75. The van der Waals surface area contributed by atoms with Gasteiger partial charge in [0.25, 0.3) is 0 Å². The minimum atomic E-state index is -2.00. The Labute approximate surface area is 98.3 Å². The van der Waals surface area contributed by atoms with Gasteiger partial charge in [0, 0.05) is 18.8 Å². The summed E-state index contributed by atoms with van der Waals surface area (Å²) < 4.78 is 40.1. The van der Waals surface area contributed by atoms with Crippen molar-refractivity contribution in [3.8, 4) is 0 Å². The number of aryl methyl sites for hydroxylation is 1. The Balaban J connectivity index is 0.00000133. The van der Waals surface area contributed by atoms with Crippen molar-refractivity contribution in [2.45, 2.75) is 18.7 Å². The number of benzene rings is 1. The van der Waals surface area contributed by atoms with Crippen LogP contribution in [0.4, 0.5) is 0 Å². The first kappa shape index (κ1) is 5.53. The lowest BCUT2D eigenvalue weighted by Crippen LogP contribution is -2.19. The normalized spacial score (nSPS) is 51.1. The van der Waals surface area contributed by atoms with Gasteiger partial charge < -0.3 is 5.32 Å². The van der Waals surface area contributed by atoms with E-state index in [4.69, 9.17) is 6.85 Å². The van der Waals surface area contributed by atoms with Crippen LogP contribution in [0, 0.1) is 12.8 Å². The molecule has 1 aromatic carbocycles. The van der Waals surface area contributed by atoms with Crippen LogP contribution in [0.1, 0.15) is 24.4 Å². The molecule has 1 heterocycles. The number of halogens is 1. The van der Waals surface area contributed by atoms with Crippen LogP contribution >= 0.6 is 12.4 Å². The van der Waals surface area contributed by atoms with Crippen molar-refractivity contribution >= 4 is 12.4 Å². The molecule has 2 fully saturated rings. The maximum atomic E-state index is 8.29. The molecule has 1 saturated heterocycles. The van der Waals surface area contributed by atoms with Crippen molar-refractivity contribution in [3.05, 3.63) is 35.4 Å². The summed E-state index contributed by atoms with van der Waals surface area (Å²) in [4.78, 5) is 0. The fourth-order valence-corrected chi connectivity index (χ4v) is 1.87. The average Bonchev–Trinajstić information content (AvgIpc) is 2.55. The highest BCUT2D eigenvalue weighted by Gasteiger charge is 2.57. The molecule has 1 saturated carbocycles. The van der Waals surface area contributed by atoms with E-state index in [1.165, 1.54) is 0 Å². The first-order chi connectivity index (χ1) is 8.21. The van der Waals surface area contributed by atoms with E-state index in [9.17, 15) is 0 Å². The quantitative estimate of drug-likeness (QED) is 0.757.